The van der Waals surface area contributed by atoms with Crippen LogP contribution in [0.3, 0.4) is 0 Å². The van der Waals surface area contributed by atoms with Gasteiger partial charge in [0.2, 0.25) is 5.91 Å². The molecule has 0 saturated carbocycles. The van der Waals surface area contributed by atoms with Crippen LogP contribution in [0.5, 0.6) is 0 Å². The molecule has 3 fully saturated rings. The van der Waals surface area contributed by atoms with E-state index in [1.54, 1.807) is 44.2 Å². The average molecular weight is 449 g/mol. The molecule has 4 unspecified atom stereocenters. The third-order valence-corrected chi connectivity index (χ3v) is 7.81. The molecule has 1 aromatic carbocycles. The minimum absolute atomic E-state index is 0.179. The SMILES string of the molecule is COC(=O)C1N2C(=O)C(N3C(=O)C(c4ccccc4)N(N=O)C3(C)C)[C@@H]2SCC1(C)O. The second-order valence-corrected chi connectivity index (χ2v) is 9.72. The van der Waals surface area contributed by atoms with Crippen molar-refractivity contribution in [2.45, 2.75) is 55.5 Å². The fourth-order valence-electron chi connectivity index (χ4n) is 4.74. The van der Waals surface area contributed by atoms with Gasteiger partial charge in [0.05, 0.1) is 12.4 Å². The number of ether oxygens (including phenoxy) is 1. The van der Waals surface area contributed by atoms with E-state index in [0.29, 0.717) is 5.56 Å². The first-order valence-electron chi connectivity index (χ1n) is 9.82. The fraction of sp³-hybridized carbons (Fsp3) is 0.550. The van der Waals surface area contributed by atoms with E-state index in [1.807, 2.05) is 0 Å². The molecule has 2 amide bonds. The number of amides is 2. The van der Waals surface area contributed by atoms with Gasteiger partial charge in [0.1, 0.15) is 22.7 Å². The van der Waals surface area contributed by atoms with Gasteiger partial charge < -0.3 is 19.6 Å². The molecular weight excluding hydrogens is 424 g/mol. The number of benzene rings is 1. The van der Waals surface area contributed by atoms with Crippen molar-refractivity contribution in [1.29, 1.82) is 0 Å². The number of carbonyl (C=O) groups excluding carboxylic acids is 3. The van der Waals surface area contributed by atoms with Crippen LogP contribution < -0.4 is 0 Å². The van der Waals surface area contributed by atoms with Gasteiger partial charge in [-0.25, -0.2) is 9.80 Å². The number of hydrogen-bond acceptors (Lipinski definition) is 8. The van der Waals surface area contributed by atoms with E-state index in [9.17, 15) is 24.4 Å². The Labute approximate surface area is 183 Å². The molecule has 3 aliphatic heterocycles. The van der Waals surface area contributed by atoms with Crippen molar-refractivity contribution in [3.05, 3.63) is 40.8 Å². The highest BCUT2D eigenvalue weighted by Crippen LogP contribution is 2.50. The van der Waals surface area contributed by atoms with E-state index in [2.05, 4.69) is 5.29 Å². The lowest BCUT2D eigenvalue weighted by Crippen LogP contribution is -2.80. The molecule has 31 heavy (non-hydrogen) atoms. The van der Waals surface area contributed by atoms with Gasteiger partial charge >= 0.3 is 5.97 Å². The summed E-state index contributed by atoms with van der Waals surface area (Å²) < 4.78 is 4.81. The molecule has 4 rings (SSSR count). The van der Waals surface area contributed by atoms with Crippen molar-refractivity contribution in [2.75, 3.05) is 12.9 Å². The zero-order valence-electron chi connectivity index (χ0n) is 17.6. The Kier molecular flexibility index (Phi) is 5.01. The van der Waals surface area contributed by atoms with Crippen LogP contribution in [0.25, 0.3) is 0 Å². The van der Waals surface area contributed by atoms with Crippen LogP contribution in [0.1, 0.15) is 32.4 Å². The molecule has 3 heterocycles. The molecule has 3 saturated heterocycles. The Hall–Kier alpha value is -2.66. The van der Waals surface area contributed by atoms with E-state index in [-0.39, 0.29) is 5.75 Å². The van der Waals surface area contributed by atoms with E-state index >= 15 is 0 Å². The Morgan fingerprint density at radius 3 is 2.42 bits per heavy atom. The van der Waals surface area contributed by atoms with Gasteiger partial charge in [-0.2, -0.15) is 0 Å². The molecule has 0 bridgehead atoms. The largest absolute Gasteiger partial charge is 0.467 e. The molecule has 11 heteroatoms. The van der Waals surface area contributed by atoms with Gasteiger partial charge in [0.25, 0.3) is 5.91 Å². The summed E-state index contributed by atoms with van der Waals surface area (Å²) in [5.41, 5.74) is -2.05. The number of rotatable bonds is 4. The molecule has 0 radical (unpaired) electrons. The molecule has 1 aromatic rings. The predicted octanol–water partition coefficient (Wildman–Crippen LogP) is 0.866. The smallest absolute Gasteiger partial charge is 0.331 e. The summed E-state index contributed by atoms with van der Waals surface area (Å²) in [7, 11) is 1.20. The van der Waals surface area contributed by atoms with Gasteiger partial charge in [0.15, 0.2) is 12.1 Å². The normalized spacial score (nSPS) is 34.3. The summed E-state index contributed by atoms with van der Waals surface area (Å²) >= 11 is 1.29. The first-order valence-corrected chi connectivity index (χ1v) is 10.9. The van der Waals surface area contributed by atoms with Gasteiger partial charge in [-0.1, -0.05) is 30.3 Å². The Balaban J connectivity index is 1.70. The number of nitroso groups, excluding NO2 is 1. The number of thioether (sulfide) groups is 1. The van der Waals surface area contributed by atoms with Gasteiger partial charge in [-0.3, -0.25) is 9.59 Å². The zero-order chi connectivity index (χ0) is 22.7. The van der Waals surface area contributed by atoms with Crippen LogP contribution in [0, 0.1) is 4.91 Å². The monoisotopic (exact) mass is 448 g/mol. The third-order valence-electron chi connectivity index (χ3n) is 6.24. The maximum atomic E-state index is 13.5. The predicted molar refractivity (Wildman–Crippen MR) is 111 cm³/mol. The molecule has 5 atom stereocenters. The highest BCUT2D eigenvalue weighted by molar-refractivity contribution is 8.00. The summed E-state index contributed by atoms with van der Waals surface area (Å²) in [4.78, 5) is 53.5. The lowest BCUT2D eigenvalue weighted by molar-refractivity contribution is -0.185. The standard InChI is InChI=1S/C20H24N4O6S/c1-19(2)23(16(26)12(24(19)21-29)11-8-6-5-7-9-11)13-15(25)22-14(18(27)30-4)20(3,28)10-31-17(13)22/h5-9,12-14,17,28H,10H2,1-4H3/t12?,13?,14?,17-,20?/m0/s1. The van der Waals surface area contributed by atoms with Crippen LogP contribution in [-0.4, -0.2) is 79.3 Å². The summed E-state index contributed by atoms with van der Waals surface area (Å²) in [6.07, 6.45) is 0. The molecule has 166 valence electrons. The fourth-order valence-corrected chi connectivity index (χ4v) is 6.21. The minimum atomic E-state index is -1.47. The lowest BCUT2D eigenvalue weighted by atomic mass is 9.90. The van der Waals surface area contributed by atoms with Crippen molar-refractivity contribution in [2.24, 2.45) is 5.29 Å². The second-order valence-electron chi connectivity index (χ2n) is 8.62. The second kappa shape index (κ2) is 7.20. The maximum absolute atomic E-state index is 13.5. The van der Waals surface area contributed by atoms with Crippen molar-refractivity contribution >= 4 is 29.5 Å². The quantitative estimate of drug-likeness (QED) is 0.409. The minimum Gasteiger partial charge on any atom is -0.467 e. The molecular formula is C20H24N4O6S. The van der Waals surface area contributed by atoms with Crippen molar-refractivity contribution in [3.8, 4) is 0 Å². The summed E-state index contributed by atoms with van der Waals surface area (Å²) in [5, 5.41) is 14.4. The van der Waals surface area contributed by atoms with Crippen LogP contribution in [-0.2, 0) is 19.1 Å². The number of aliphatic hydroxyl groups is 1. The topological polar surface area (TPSA) is 120 Å². The molecule has 0 aromatic heterocycles. The number of fused-ring (bicyclic) bond motifs is 1. The van der Waals surface area contributed by atoms with E-state index < -0.39 is 52.5 Å². The van der Waals surface area contributed by atoms with Crippen LogP contribution in [0.2, 0.25) is 0 Å². The number of nitrogens with zero attached hydrogens (tertiary/aromatic N) is 4. The maximum Gasteiger partial charge on any atom is 0.331 e. The summed E-state index contributed by atoms with van der Waals surface area (Å²) in [6, 6.07) is 5.77. The number of methoxy groups -OCH3 is 1. The Morgan fingerprint density at radius 2 is 1.84 bits per heavy atom. The van der Waals surface area contributed by atoms with Crippen LogP contribution in [0.4, 0.5) is 0 Å². The number of carbonyl (C=O) groups is 3. The van der Waals surface area contributed by atoms with E-state index in [4.69, 9.17) is 4.74 Å². The van der Waals surface area contributed by atoms with E-state index in [1.165, 1.54) is 40.6 Å². The first kappa shape index (κ1) is 21.6. The lowest BCUT2D eigenvalue weighted by Gasteiger charge is -2.59. The summed E-state index contributed by atoms with van der Waals surface area (Å²) in [5.74, 6) is -1.43. The van der Waals surface area contributed by atoms with Crippen LogP contribution >= 0.6 is 11.8 Å². The highest BCUT2D eigenvalue weighted by Gasteiger charge is 2.68. The number of hydrogen-bond donors (Lipinski definition) is 1. The van der Waals surface area contributed by atoms with E-state index in [0.717, 1.165) is 0 Å². The average Bonchev–Trinajstić information content (AvgIpc) is 2.93. The van der Waals surface area contributed by atoms with Gasteiger partial charge in [-0.15, -0.1) is 16.7 Å². The van der Waals surface area contributed by atoms with Crippen LogP contribution in [0.15, 0.2) is 35.6 Å². The van der Waals surface area contributed by atoms with Crippen molar-refractivity contribution in [3.63, 3.8) is 0 Å². The Bertz CT molecular complexity index is 939. The molecule has 1 N–H and O–H groups in total. The van der Waals surface area contributed by atoms with Crippen molar-refractivity contribution in [1.82, 2.24) is 14.8 Å². The van der Waals surface area contributed by atoms with Gasteiger partial charge in [-0.05, 0) is 26.3 Å². The van der Waals surface area contributed by atoms with Crippen molar-refractivity contribution < 1.29 is 24.2 Å². The molecule has 10 nitrogen and oxygen atoms in total. The van der Waals surface area contributed by atoms with Gasteiger partial charge in [0, 0.05) is 5.75 Å². The number of β-lactam (4-membered cyclic amide) rings is 1. The third kappa shape index (κ3) is 2.93. The summed E-state index contributed by atoms with van der Waals surface area (Å²) in [6.45, 7) is 4.80. The highest BCUT2D eigenvalue weighted by atomic mass is 32.2. The first-order chi connectivity index (χ1) is 14.6. The molecule has 0 spiro atoms. The Morgan fingerprint density at radius 1 is 1.19 bits per heavy atom. The zero-order valence-corrected chi connectivity index (χ0v) is 18.4. The number of esters is 1. The molecule has 0 aliphatic carbocycles. The molecule has 3 aliphatic rings.